The summed E-state index contributed by atoms with van der Waals surface area (Å²) in [5.74, 6) is 1.40. The van der Waals surface area contributed by atoms with Crippen molar-refractivity contribution in [1.82, 2.24) is 20.6 Å². The van der Waals surface area contributed by atoms with E-state index in [9.17, 15) is 9.18 Å². The number of benzene rings is 2. The maximum atomic E-state index is 14.5. The molecule has 0 bridgehead atoms. The Labute approximate surface area is 207 Å². The summed E-state index contributed by atoms with van der Waals surface area (Å²) < 4.78 is 26.4. The molecule has 8 nitrogen and oxygen atoms in total. The van der Waals surface area contributed by atoms with Crippen molar-refractivity contribution in [2.45, 2.75) is 37.8 Å². The highest BCUT2D eigenvalue weighted by Gasteiger charge is 2.34. The summed E-state index contributed by atoms with van der Waals surface area (Å²) in [4.78, 5) is 20.9. The number of amides is 1. The third-order valence-corrected chi connectivity index (χ3v) is 6.97. The highest BCUT2D eigenvalue weighted by molar-refractivity contribution is 6.31. The van der Waals surface area contributed by atoms with Crippen LogP contribution in [0.5, 0.6) is 11.5 Å². The van der Waals surface area contributed by atoms with Gasteiger partial charge in [0.1, 0.15) is 12.1 Å². The van der Waals surface area contributed by atoms with Gasteiger partial charge in [-0.3, -0.25) is 4.79 Å². The number of ether oxygens (including phenoxy) is 2. The van der Waals surface area contributed by atoms with Gasteiger partial charge in [0, 0.05) is 24.5 Å². The third kappa shape index (κ3) is 4.97. The maximum Gasteiger partial charge on any atom is 0.237 e. The monoisotopic (exact) mass is 499 g/mol. The lowest BCUT2D eigenvalue weighted by Crippen LogP contribution is -2.56. The van der Waals surface area contributed by atoms with Crippen LogP contribution >= 0.6 is 11.6 Å². The fourth-order valence-electron chi connectivity index (χ4n) is 4.86. The van der Waals surface area contributed by atoms with Gasteiger partial charge in [-0.1, -0.05) is 17.7 Å². The molecular weight excluding hydrogens is 473 g/mol. The Hall–Kier alpha value is -3.17. The molecule has 1 aliphatic heterocycles. The van der Waals surface area contributed by atoms with Crippen LogP contribution in [-0.4, -0.2) is 48.2 Å². The number of carbonyl (C=O) groups excluding carboxylic acids is 1. The summed E-state index contributed by atoms with van der Waals surface area (Å²) in [5, 5.41) is 10.00. The zero-order valence-electron chi connectivity index (χ0n) is 19.3. The van der Waals surface area contributed by atoms with Crippen LogP contribution in [-0.2, 0) is 4.79 Å². The first-order valence-electron chi connectivity index (χ1n) is 11.7. The predicted octanol–water partition coefficient (Wildman–Crippen LogP) is 4.20. The zero-order chi connectivity index (χ0) is 24.4. The van der Waals surface area contributed by atoms with Crippen LogP contribution in [0.3, 0.4) is 0 Å². The summed E-state index contributed by atoms with van der Waals surface area (Å²) >= 11 is 5.93. The molecule has 2 heterocycles. The molecular formula is C25H27ClFN5O3. The summed E-state index contributed by atoms with van der Waals surface area (Å²) in [6, 6.07) is 8.22. The van der Waals surface area contributed by atoms with E-state index < -0.39 is 5.82 Å². The van der Waals surface area contributed by atoms with Gasteiger partial charge in [-0.05, 0) is 49.8 Å². The van der Waals surface area contributed by atoms with E-state index in [1.54, 1.807) is 25.3 Å². The second-order valence-electron chi connectivity index (χ2n) is 8.85. The molecule has 5 rings (SSSR count). The van der Waals surface area contributed by atoms with Gasteiger partial charge in [-0.2, -0.15) is 0 Å². The lowest BCUT2D eigenvalue weighted by molar-refractivity contribution is -0.126. The molecule has 1 saturated heterocycles. The topological polar surface area (TPSA) is 97.4 Å². The van der Waals surface area contributed by atoms with Crippen LogP contribution in [0, 0.1) is 11.7 Å². The number of nitrogens with zero attached hydrogens (tertiary/aromatic N) is 2. The highest BCUT2D eigenvalue weighted by Crippen LogP contribution is 2.38. The summed E-state index contributed by atoms with van der Waals surface area (Å²) in [6.45, 7) is 1.48. The second kappa shape index (κ2) is 10.2. The standard InChI is InChI=1S/C25H27ClFN5O3/c1-34-20-12-19-16(24(31-13-30-19)32-18-4-2-3-17(26)22(18)27)11-21(20)35-15-7-5-14(6-8-15)23-25(33)29-10-9-28-23/h2-4,11-15,23,28H,5-10H2,1H3,(H,29,33)(H,30,31,32)/t14-,15-,23-/m0/s1. The summed E-state index contributed by atoms with van der Waals surface area (Å²) in [7, 11) is 1.58. The summed E-state index contributed by atoms with van der Waals surface area (Å²) in [5.41, 5.74) is 0.849. The first kappa shape index (κ1) is 23.6. The summed E-state index contributed by atoms with van der Waals surface area (Å²) in [6.07, 6.45) is 4.87. The molecule has 3 aromatic rings. The van der Waals surface area contributed by atoms with Crippen LogP contribution in [0.2, 0.25) is 5.02 Å². The largest absolute Gasteiger partial charge is 0.493 e. The van der Waals surface area contributed by atoms with E-state index in [0.717, 1.165) is 32.2 Å². The molecule has 35 heavy (non-hydrogen) atoms. The van der Waals surface area contributed by atoms with Gasteiger partial charge in [0.2, 0.25) is 5.91 Å². The maximum absolute atomic E-state index is 14.5. The molecule has 10 heteroatoms. The van der Waals surface area contributed by atoms with E-state index in [0.29, 0.717) is 40.7 Å². The van der Waals surface area contributed by atoms with E-state index in [2.05, 4.69) is 25.9 Å². The molecule has 3 N–H and O–H groups in total. The molecule has 1 amide bonds. The number of rotatable bonds is 6. The van der Waals surface area contributed by atoms with Crippen molar-refractivity contribution < 1.29 is 18.7 Å². The van der Waals surface area contributed by atoms with E-state index in [-0.39, 0.29) is 28.8 Å². The smallest absolute Gasteiger partial charge is 0.237 e. The number of halogens is 2. The van der Waals surface area contributed by atoms with E-state index in [1.165, 1.54) is 12.4 Å². The molecule has 0 unspecified atom stereocenters. The Bertz CT molecular complexity index is 1240. The van der Waals surface area contributed by atoms with E-state index in [1.807, 2.05) is 6.07 Å². The molecule has 2 aromatic carbocycles. The first-order chi connectivity index (χ1) is 17.0. The number of aromatic nitrogens is 2. The number of hydrogen-bond acceptors (Lipinski definition) is 7. The molecule has 2 aliphatic rings. The normalized spacial score (nSPS) is 22.5. The Morgan fingerprint density at radius 1 is 1.11 bits per heavy atom. The first-order valence-corrected chi connectivity index (χ1v) is 12.1. The molecule has 1 aliphatic carbocycles. The number of fused-ring (bicyclic) bond motifs is 1. The third-order valence-electron chi connectivity index (χ3n) is 6.68. The fraction of sp³-hybridized carbons (Fsp3) is 0.400. The Kier molecular flexibility index (Phi) is 6.88. The average molecular weight is 500 g/mol. The fourth-order valence-corrected chi connectivity index (χ4v) is 5.03. The van der Waals surface area contributed by atoms with Crippen molar-refractivity contribution in [3.63, 3.8) is 0 Å². The van der Waals surface area contributed by atoms with Crippen LogP contribution in [0.25, 0.3) is 10.9 Å². The molecule has 0 spiro atoms. The van der Waals surface area contributed by atoms with Gasteiger partial charge in [0.25, 0.3) is 0 Å². The van der Waals surface area contributed by atoms with Crippen LogP contribution in [0.4, 0.5) is 15.9 Å². The minimum Gasteiger partial charge on any atom is -0.493 e. The van der Waals surface area contributed by atoms with Crippen molar-refractivity contribution in [2.24, 2.45) is 5.92 Å². The molecule has 1 aromatic heterocycles. The number of methoxy groups -OCH3 is 1. The Morgan fingerprint density at radius 3 is 2.71 bits per heavy atom. The van der Waals surface area contributed by atoms with Gasteiger partial charge >= 0.3 is 0 Å². The van der Waals surface area contributed by atoms with Gasteiger partial charge < -0.3 is 25.4 Å². The number of nitrogens with one attached hydrogen (secondary N) is 3. The van der Waals surface area contributed by atoms with Crippen molar-refractivity contribution >= 4 is 39.9 Å². The lowest BCUT2D eigenvalue weighted by Gasteiger charge is -2.35. The Balaban J connectivity index is 1.36. The van der Waals surface area contributed by atoms with Crippen LogP contribution in [0.15, 0.2) is 36.7 Å². The Morgan fingerprint density at radius 2 is 1.94 bits per heavy atom. The lowest BCUT2D eigenvalue weighted by atomic mass is 9.81. The number of anilines is 2. The zero-order valence-corrected chi connectivity index (χ0v) is 20.1. The van der Waals surface area contributed by atoms with Crippen LogP contribution < -0.4 is 25.4 Å². The molecule has 0 radical (unpaired) electrons. The number of piperazine rings is 1. The molecule has 1 atom stereocenters. The van der Waals surface area contributed by atoms with Gasteiger partial charge in [0.15, 0.2) is 17.3 Å². The van der Waals surface area contributed by atoms with E-state index >= 15 is 0 Å². The molecule has 184 valence electrons. The molecule has 2 fully saturated rings. The minimum absolute atomic E-state index is 0.00401. The van der Waals surface area contributed by atoms with Crippen molar-refractivity contribution in [3.8, 4) is 11.5 Å². The number of carbonyl (C=O) groups is 1. The van der Waals surface area contributed by atoms with Gasteiger partial charge in [-0.25, -0.2) is 14.4 Å². The SMILES string of the molecule is COc1cc2ncnc(Nc3cccc(Cl)c3F)c2cc1O[C@H]1CC[C@H]([C@@H]2NCCNC2=O)CC1. The average Bonchev–Trinajstić information content (AvgIpc) is 2.87. The van der Waals surface area contributed by atoms with Crippen molar-refractivity contribution in [2.75, 3.05) is 25.5 Å². The van der Waals surface area contributed by atoms with Crippen molar-refractivity contribution in [1.29, 1.82) is 0 Å². The predicted molar refractivity (Wildman–Crippen MR) is 132 cm³/mol. The molecule has 1 saturated carbocycles. The second-order valence-corrected chi connectivity index (χ2v) is 9.25. The van der Waals surface area contributed by atoms with Crippen LogP contribution in [0.1, 0.15) is 25.7 Å². The minimum atomic E-state index is -0.552. The van der Waals surface area contributed by atoms with Gasteiger partial charge in [-0.15, -0.1) is 0 Å². The highest BCUT2D eigenvalue weighted by atomic mass is 35.5. The van der Waals surface area contributed by atoms with Crippen molar-refractivity contribution in [3.05, 3.63) is 47.5 Å². The quantitative estimate of drug-likeness (QED) is 0.467. The van der Waals surface area contributed by atoms with Gasteiger partial charge in [0.05, 0.1) is 35.5 Å². The number of hydrogen-bond donors (Lipinski definition) is 3. The van der Waals surface area contributed by atoms with E-state index in [4.69, 9.17) is 21.1 Å².